The van der Waals surface area contributed by atoms with Gasteiger partial charge in [-0.2, -0.15) is 5.10 Å². The Bertz CT molecular complexity index is 593. The summed E-state index contributed by atoms with van der Waals surface area (Å²) in [7, 11) is 0. The number of rotatable bonds is 6. The van der Waals surface area contributed by atoms with Gasteiger partial charge in [-0.25, -0.2) is 9.07 Å². The summed E-state index contributed by atoms with van der Waals surface area (Å²) in [5.74, 6) is -0.0865. The molecule has 1 fully saturated rings. The van der Waals surface area contributed by atoms with Crippen LogP contribution in [0.3, 0.4) is 0 Å². The molecule has 1 saturated carbocycles. The standard InChI is InChI=1S/C15H18FN3O/c1-2-20-15-6-5-13(9-14(15)16)19-8-7-12(18-19)10-17-11-3-4-11/h5-9,11,17H,2-4,10H2,1H3. The van der Waals surface area contributed by atoms with E-state index in [1.165, 1.54) is 18.9 Å². The van der Waals surface area contributed by atoms with E-state index < -0.39 is 0 Å². The largest absolute Gasteiger partial charge is 0.491 e. The minimum Gasteiger partial charge on any atom is -0.491 e. The third kappa shape index (κ3) is 2.99. The number of nitrogens with zero attached hydrogens (tertiary/aromatic N) is 2. The van der Waals surface area contributed by atoms with Crippen molar-refractivity contribution in [2.45, 2.75) is 32.4 Å². The van der Waals surface area contributed by atoms with Gasteiger partial charge in [0, 0.05) is 24.8 Å². The maximum atomic E-state index is 13.8. The minimum atomic E-state index is -0.363. The summed E-state index contributed by atoms with van der Waals surface area (Å²) in [5.41, 5.74) is 1.66. The van der Waals surface area contributed by atoms with Crippen LogP contribution in [0, 0.1) is 5.82 Å². The van der Waals surface area contributed by atoms with E-state index >= 15 is 0 Å². The van der Waals surface area contributed by atoms with E-state index in [9.17, 15) is 4.39 Å². The Kier molecular flexibility index (Phi) is 3.69. The van der Waals surface area contributed by atoms with Crippen molar-refractivity contribution in [3.05, 3.63) is 42.0 Å². The number of hydrogen-bond donors (Lipinski definition) is 1. The Labute approximate surface area is 117 Å². The molecule has 20 heavy (non-hydrogen) atoms. The first kappa shape index (κ1) is 13.1. The van der Waals surface area contributed by atoms with E-state index in [1.807, 2.05) is 19.2 Å². The van der Waals surface area contributed by atoms with Crippen molar-refractivity contribution in [2.24, 2.45) is 0 Å². The van der Waals surface area contributed by atoms with E-state index in [4.69, 9.17) is 4.74 Å². The Hall–Kier alpha value is -1.88. The number of aromatic nitrogens is 2. The van der Waals surface area contributed by atoms with Crippen molar-refractivity contribution in [1.29, 1.82) is 0 Å². The molecule has 1 aliphatic rings. The predicted molar refractivity (Wildman–Crippen MR) is 74.6 cm³/mol. The van der Waals surface area contributed by atoms with Gasteiger partial charge in [0.05, 0.1) is 18.0 Å². The summed E-state index contributed by atoms with van der Waals surface area (Å²) in [6.07, 6.45) is 4.36. The molecular formula is C15H18FN3O. The first-order valence-corrected chi connectivity index (χ1v) is 6.97. The molecule has 0 bridgehead atoms. The van der Waals surface area contributed by atoms with E-state index in [0.717, 1.165) is 12.2 Å². The van der Waals surface area contributed by atoms with E-state index in [0.29, 0.717) is 18.3 Å². The maximum absolute atomic E-state index is 13.8. The van der Waals surface area contributed by atoms with Gasteiger partial charge in [0.2, 0.25) is 0 Å². The van der Waals surface area contributed by atoms with Gasteiger partial charge in [-0.15, -0.1) is 0 Å². The van der Waals surface area contributed by atoms with Crippen LogP contribution < -0.4 is 10.1 Å². The second-order valence-corrected chi connectivity index (χ2v) is 4.95. The lowest BCUT2D eigenvalue weighted by molar-refractivity contribution is 0.321. The Morgan fingerprint density at radius 2 is 2.25 bits per heavy atom. The fraction of sp³-hybridized carbons (Fsp3) is 0.400. The molecule has 0 radical (unpaired) electrons. The monoisotopic (exact) mass is 275 g/mol. The van der Waals surface area contributed by atoms with Gasteiger partial charge in [-0.1, -0.05) is 0 Å². The second-order valence-electron chi connectivity index (χ2n) is 4.95. The van der Waals surface area contributed by atoms with Gasteiger partial charge < -0.3 is 10.1 Å². The summed E-state index contributed by atoms with van der Waals surface area (Å²) in [5, 5.41) is 7.85. The molecule has 5 heteroatoms. The molecule has 0 aliphatic heterocycles. The van der Waals surface area contributed by atoms with Crippen LogP contribution in [0.25, 0.3) is 5.69 Å². The van der Waals surface area contributed by atoms with Crippen molar-refractivity contribution in [3.63, 3.8) is 0 Å². The van der Waals surface area contributed by atoms with Crippen molar-refractivity contribution in [3.8, 4) is 11.4 Å². The predicted octanol–water partition coefficient (Wildman–Crippen LogP) is 2.66. The summed E-state index contributed by atoms with van der Waals surface area (Å²) < 4.78 is 20.7. The lowest BCUT2D eigenvalue weighted by Gasteiger charge is -2.07. The molecule has 1 N–H and O–H groups in total. The molecular weight excluding hydrogens is 257 g/mol. The highest BCUT2D eigenvalue weighted by molar-refractivity contribution is 5.38. The van der Waals surface area contributed by atoms with E-state index in [2.05, 4.69) is 10.4 Å². The van der Waals surface area contributed by atoms with Crippen LogP contribution in [0.4, 0.5) is 4.39 Å². The highest BCUT2D eigenvalue weighted by Gasteiger charge is 2.20. The van der Waals surface area contributed by atoms with Crippen molar-refractivity contribution in [1.82, 2.24) is 15.1 Å². The fourth-order valence-corrected chi connectivity index (χ4v) is 2.04. The molecule has 3 rings (SSSR count). The quantitative estimate of drug-likeness (QED) is 0.881. The van der Waals surface area contributed by atoms with Crippen LogP contribution >= 0.6 is 0 Å². The number of ether oxygens (including phenoxy) is 1. The Balaban J connectivity index is 1.72. The Morgan fingerprint density at radius 3 is 2.95 bits per heavy atom. The molecule has 1 aliphatic carbocycles. The molecule has 1 heterocycles. The summed E-state index contributed by atoms with van der Waals surface area (Å²) in [4.78, 5) is 0. The molecule has 2 aromatic rings. The third-order valence-corrected chi connectivity index (χ3v) is 3.27. The first-order valence-electron chi connectivity index (χ1n) is 6.97. The molecule has 0 saturated heterocycles. The van der Waals surface area contributed by atoms with Crippen LogP contribution in [0.5, 0.6) is 5.75 Å². The van der Waals surface area contributed by atoms with Gasteiger partial charge in [0.15, 0.2) is 11.6 Å². The lowest BCUT2D eigenvalue weighted by Crippen LogP contribution is -2.15. The summed E-state index contributed by atoms with van der Waals surface area (Å²) in [6.45, 7) is 3.05. The zero-order chi connectivity index (χ0) is 13.9. The van der Waals surface area contributed by atoms with Gasteiger partial charge in [-0.05, 0) is 38.0 Å². The molecule has 0 unspecified atom stereocenters. The fourth-order valence-electron chi connectivity index (χ4n) is 2.04. The van der Waals surface area contributed by atoms with Crippen molar-refractivity contribution < 1.29 is 9.13 Å². The van der Waals surface area contributed by atoms with Gasteiger partial charge >= 0.3 is 0 Å². The molecule has 1 aromatic heterocycles. The second kappa shape index (κ2) is 5.63. The average molecular weight is 275 g/mol. The molecule has 0 amide bonds. The molecule has 1 aromatic carbocycles. The number of hydrogen-bond acceptors (Lipinski definition) is 3. The zero-order valence-corrected chi connectivity index (χ0v) is 11.5. The first-order chi connectivity index (χ1) is 9.76. The van der Waals surface area contributed by atoms with Crippen LogP contribution in [0.1, 0.15) is 25.5 Å². The molecule has 106 valence electrons. The van der Waals surface area contributed by atoms with Crippen molar-refractivity contribution >= 4 is 0 Å². The summed E-state index contributed by atoms with van der Waals surface area (Å²) in [6, 6.07) is 7.49. The zero-order valence-electron chi connectivity index (χ0n) is 11.5. The van der Waals surface area contributed by atoms with Crippen LogP contribution in [0.2, 0.25) is 0 Å². The smallest absolute Gasteiger partial charge is 0.167 e. The van der Waals surface area contributed by atoms with Crippen molar-refractivity contribution in [2.75, 3.05) is 6.61 Å². The molecule has 4 nitrogen and oxygen atoms in total. The topological polar surface area (TPSA) is 39.1 Å². The molecule has 0 spiro atoms. The highest BCUT2D eigenvalue weighted by atomic mass is 19.1. The van der Waals surface area contributed by atoms with Crippen LogP contribution in [-0.2, 0) is 6.54 Å². The highest BCUT2D eigenvalue weighted by Crippen LogP contribution is 2.21. The number of halogens is 1. The lowest BCUT2D eigenvalue weighted by atomic mass is 10.3. The minimum absolute atomic E-state index is 0.277. The summed E-state index contributed by atoms with van der Waals surface area (Å²) >= 11 is 0. The van der Waals surface area contributed by atoms with Gasteiger partial charge in [0.1, 0.15) is 0 Å². The number of benzene rings is 1. The van der Waals surface area contributed by atoms with E-state index in [-0.39, 0.29) is 11.6 Å². The van der Waals surface area contributed by atoms with Gasteiger partial charge in [0.25, 0.3) is 0 Å². The SMILES string of the molecule is CCOc1ccc(-n2ccc(CNC3CC3)n2)cc1F. The van der Waals surface area contributed by atoms with Gasteiger partial charge in [-0.3, -0.25) is 0 Å². The van der Waals surface area contributed by atoms with Crippen LogP contribution in [-0.4, -0.2) is 22.4 Å². The maximum Gasteiger partial charge on any atom is 0.167 e. The third-order valence-electron chi connectivity index (χ3n) is 3.27. The molecule has 0 atom stereocenters. The Morgan fingerprint density at radius 1 is 1.40 bits per heavy atom. The van der Waals surface area contributed by atoms with Crippen LogP contribution in [0.15, 0.2) is 30.5 Å². The number of nitrogens with one attached hydrogen (secondary N) is 1. The average Bonchev–Trinajstić information content (AvgIpc) is 3.16. The van der Waals surface area contributed by atoms with E-state index in [1.54, 1.807) is 16.8 Å². The normalized spacial score (nSPS) is 14.5.